The van der Waals surface area contributed by atoms with Crippen LogP contribution in [-0.2, 0) is 6.54 Å². The highest BCUT2D eigenvalue weighted by atomic mass is 32.1. The molecule has 0 N–H and O–H groups in total. The summed E-state index contributed by atoms with van der Waals surface area (Å²) in [5, 5.41) is 3.14. The summed E-state index contributed by atoms with van der Waals surface area (Å²) in [5.74, 6) is 1.59. The van der Waals surface area contributed by atoms with Crippen LogP contribution in [0.2, 0.25) is 0 Å². The number of piperidine rings is 1. The van der Waals surface area contributed by atoms with Crippen LogP contribution in [0.4, 0.5) is 0 Å². The van der Waals surface area contributed by atoms with Crippen LogP contribution in [0.25, 0.3) is 21.1 Å². The van der Waals surface area contributed by atoms with E-state index in [0.717, 1.165) is 29.1 Å². The first-order valence-electron chi connectivity index (χ1n) is 11.1. The first kappa shape index (κ1) is 21.7. The Morgan fingerprint density at radius 2 is 2.03 bits per heavy atom. The smallest absolute Gasteiger partial charge is 0.142 e. The average molecular weight is 440 g/mol. The minimum atomic E-state index is 0.371. The number of hydrogen-bond acceptors (Lipinski definition) is 5. The fourth-order valence-corrected chi connectivity index (χ4v) is 6.19. The Hall–Kier alpha value is -1.56. The predicted molar refractivity (Wildman–Crippen MR) is 130 cm³/mol. The summed E-state index contributed by atoms with van der Waals surface area (Å²) >= 11 is 3.56. The Kier molecular flexibility index (Phi) is 6.71. The van der Waals surface area contributed by atoms with Crippen molar-refractivity contribution in [3.8, 4) is 21.1 Å². The highest BCUT2D eigenvalue weighted by molar-refractivity contribution is 7.15. The molecule has 3 aromatic heterocycles. The molecule has 30 heavy (non-hydrogen) atoms. The zero-order chi connectivity index (χ0) is 21.1. The van der Waals surface area contributed by atoms with E-state index in [1.807, 2.05) is 6.20 Å². The Labute approximate surface area is 189 Å². The van der Waals surface area contributed by atoms with Gasteiger partial charge in [-0.1, -0.05) is 40.2 Å². The number of likely N-dealkylation sites (tertiary alicyclic amines) is 1. The molecule has 3 aromatic rings. The highest BCUT2D eigenvalue weighted by Crippen LogP contribution is 2.38. The molecule has 4 heterocycles. The van der Waals surface area contributed by atoms with E-state index in [1.165, 1.54) is 47.7 Å². The van der Waals surface area contributed by atoms with Crippen molar-refractivity contribution in [3.63, 3.8) is 0 Å². The van der Waals surface area contributed by atoms with Gasteiger partial charge in [0.2, 0.25) is 0 Å². The first-order valence-corrected chi connectivity index (χ1v) is 12.8. The van der Waals surface area contributed by atoms with E-state index in [2.05, 4.69) is 73.4 Å². The monoisotopic (exact) mass is 439 g/mol. The topological polar surface area (TPSA) is 29.0 Å². The molecular weight excluding hydrogens is 406 g/mol. The van der Waals surface area contributed by atoms with Gasteiger partial charge in [-0.3, -0.25) is 9.88 Å². The van der Waals surface area contributed by atoms with Gasteiger partial charge >= 0.3 is 0 Å². The van der Waals surface area contributed by atoms with Gasteiger partial charge in [0.25, 0.3) is 0 Å². The van der Waals surface area contributed by atoms with Gasteiger partial charge < -0.3 is 0 Å². The molecule has 1 fully saturated rings. The lowest BCUT2D eigenvalue weighted by molar-refractivity contribution is 0.0550. The fourth-order valence-electron chi connectivity index (χ4n) is 4.54. The summed E-state index contributed by atoms with van der Waals surface area (Å²) in [7, 11) is 0. The van der Waals surface area contributed by atoms with Crippen molar-refractivity contribution in [2.24, 2.45) is 17.3 Å². The second kappa shape index (κ2) is 9.29. The third-order valence-corrected chi connectivity index (χ3v) is 8.18. The number of aromatic nitrogens is 2. The van der Waals surface area contributed by atoms with Crippen molar-refractivity contribution in [1.29, 1.82) is 0 Å². The molecule has 0 radical (unpaired) electrons. The molecule has 0 aliphatic carbocycles. The van der Waals surface area contributed by atoms with E-state index >= 15 is 0 Å². The van der Waals surface area contributed by atoms with Crippen LogP contribution in [0.3, 0.4) is 0 Å². The molecule has 0 saturated carbocycles. The molecular formula is C25H33N3S2. The van der Waals surface area contributed by atoms with E-state index in [9.17, 15) is 0 Å². The molecule has 1 aliphatic heterocycles. The minimum Gasteiger partial charge on any atom is -0.298 e. The number of thiophene rings is 1. The van der Waals surface area contributed by atoms with Gasteiger partial charge in [-0.05, 0) is 59.2 Å². The molecule has 1 aliphatic rings. The Balaban J connectivity index is 1.48. The third kappa shape index (κ3) is 5.19. The van der Waals surface area contributed by atoms with Gasteiger partial charge in [-0.25, -0.2) is 4.98 Å². The van der Waals surface area contributed by atoms with Crippen molar-refractivity contribution < 1.29 is 0 Å². The summed E-state index contributed by atoms with van der Waals surface area (Å²) in [6.45, 7) is 13.0. The molecule has 0 aromatic carbocycles. The molecule has 0 amide bonds. The van der Waals surface area contributed by atoms with E-state index < -0.39 is 0 Å². The maximum Gasteiger partial charge on any atom is 0.142 e. The van der Waals surface area contributed by atoms with Gasteiger partial charge in [0.1, 0.15) is 5.01 Å². The lowest BCUT2D eigenvalue weighted by Crippen LogP contribution is -2.44. The second-order valence-electron chi connectivity index (χ2n) is 9.69. The molecule has 4 rings (SSSR count). The molecule has 2 unspecified atom stereocenters. The first-order chi connectivity index (χ1) is 14.4. The minimum absolute atomic E-state index is 0.371. The Bertz CT molecular complexity index is 939. The third-order valence-electron chi connectivity index (χ3n) is 6.25. The lowest BCUT2D eigenvalue weighted by Gasteiger charge is -2.43. The molecule has 160 valence electrons. The Morgan fingerprint density at radius 1 is 1.17 bits per heavy atom. The van der Waals surface area contributed by atoms with Crippen LogP contribution in [0, 0.1) is 17.3 Å². The molecule has 3 nitrogen and oxygen atoms in total. The normalized spacial score (nSPS) is 20.5. The average Bonchev–Trinajstić information content (AvgIpc) is 3.40. The van der Waals surface area contributed by atoms with Gasteiger partial charge in [-0.2, -0.15) is 0 Å². The summed E-state index contributed by atoms with van der Waals surface area (Å²) in [6.07, 6.45) is 7.97. The SMILES string of the molecule is CCCC1CC(C(C)(C)C)CN(Cc2cnc(-c3cc(-c4cccs4)ccn3)s2)C1. The van der Waals surface area contributed by atoms with Crippen molar-refractivity contribution in [2.45, 2.75) is 53.5 Å². The van der Waals surface area contributed by atoms with Gasteiger partial charge in [0.15, 0.2) is 0 Å². The Morgan fingerprint density at radius 3 is 2.77 bits per heavy atom. The van der Waals surface area contributed by atoms with Gasteiger partial charge in [0.05, 0.1) is 5.69 Å². The molecule has 5 heteroatoms. The summed E-state index contributed by atoms with van der Waals surface area (Å²) < 4.78 is 0. The zero-order valence-electron chi connectivity index (χ0n) is 18.6. The number of rotatable bonds is 6. The standard InChI is InChI=1S/C25H33N3S2/c1-5-7-18-12-20(25(2,3)4)16-28(15-18)17-21-14-27-24(30-21)22-13-19(9-10-26-22)23-8-6-11-29-23/h6,8-11,13-14,18,20H,5,7,12,15-17H2,1-4H3. The quantitative estimate of drug-likeness (QED) is 0.406. The van der Waals surface area contributed by atoms with E-state index in [-0.39, 0.29) is 0 Å². The molecule has 2 atom stereocenters. The van der Waals surface area contributed by atoms with Gasteiger partial charge in [0, 0.05) is 41.8 Å². The van der Waals surface area contributed by atoms with Crippen LogP contribution in [0.1, 0.15) is 51.8 Å². The van der Waals surface area contributed by atoms with E-state index in [0.29, 0.717) is 5.41 Å². The van der Waals surface area contributed by atoms with E-state index in [1.54, 1.807) is 22.7 Å². The second-order valence-corrected chi connectivity index (χ2v) is 11.7. The van der Waals surface area contributed by atoms with Crippen molar-refractivity contribution >= 4 is 22.7 Å². The summed E-state index contributed by atoms with van der Waals surface area (Å²) in [6, 6.07) is 8.50. The van der Waals surface area contributed by atoms with Gasteiger partial charge in [-0.15, -0.1) is 22.7 Å². The molecule has 0 bridgehead atoms. The number of hydrogen-bond donors (Lipinski definition) is 0. The maximum absolute atomic E-state index is 4.73. The van der Waals surface area contributed by atoms with Crippen LogP contribution in [0.15, 0.2) is 42.0 Å². The van der Waals surface area contributed by atoms with Crippen molar-refractivity contribution in [3.05, 3.63) is 46.9 Å². The number of thiazole rings is 1. The maximum atomic E-state index is 4.73. The lowest BCUT2D eigenvalue weighted by atomic mass is 9.72. The summed E-state index contributed by atoms with van der Waals surface area (Å²) in [5.41, 5.74) is 2.57. The van der Waals surface area contributed by atoms with Crippen LogP contribution < -0.4 is 0 Å². The van der Waals surface area contributed by atoms with Crippen molar-refractivity contribution in [2.75, 3.05) is 13.1 Å². The largest absolute Gasteiger partial charge is 0.298 e. The zero-order valence-corrected chi connectivity index (χ0v) is 20.2. The molecule has 0 spiro atoms. The van der Waals surface area contributed by atoms with Crippen LogP contribution >= 0.6 is 22.7 Å². The number of nitrogens with zero attached hydrogens (tertiary/aromatic N) is 3. The molecule has 1 saturated heterocycles. The predicted octanol–water partition coefficient (Wildman–Crippen LogP) is 7.22. The van der Waals surface area contributed by atoms with Crippen LogP contribution in [-0.4, -0.2) is 28.0 Å². The van der Waals surface area contributed by atoms with Crippen LogP contribution in [0.5, 0.6) is 0 Å². The van der Waals surface area contributed by atoms with E-state index in [4.69, 9.17) is 4.98 Å². The highest BCUT2D eigenvalue weighted by Gasteiger charge is 2.34. The summed E-state index contributed by atoms with van der Waals surface area (Å²) in [4.78, 5) is 14.6. The van der Waals surface area contributed by atoms with Crippen molar-refractivity contribution in [1.82, 2.24) is 14.9 Å². The fraction of sp³-hybridized carbons (Fsp3) is 0.520. The number of pyridine rings is 1.